The molecule has 1 amide bonds. The second kappa shape index (κ2) is 7.78. The first-order valence-corrected chi connectivity index (χ1v) is 7.56. The number of hydrogen-bond donors (Lipinski definition) is 2. The monoisotopic (exact) mass is 255 g/mol. The van der Waals surface area contributed by atoms with Gasteiger partial charge in [0.1, 0.15) is 0 Å². The van der Waals surface area contributed by atoms with Gasteiger partial charge < -0.3 is 10.4 Å². The van der Waals surface area contributed by atoms with E-state index in [2.05, 4.69) is 19.2 Å². The Kier molecular flexibility index (Phi) is 6.69. The van der Waals surface area contributed by atoms with E-state index >= 15 is 0 Å². The van der Waals surface area contributed by atoms with Crippen LogP contribution in [0.15, 0.2) is 0 Å². The molecule has 3 nitrogen and oxygen atoms in total. The predicted octanol–water partition coefficient (Wildman–Crippen LogP) is 2.87. The molecule has 0 atom stereocenters. The van der Waals surface area contributed by atoms with E-state index in [0.717, 1.165) is 38.5 Å². The largest absolute Gasteiger partial charge is 0.396 e. The third-order valence-electron chi connectivity index (χ3n) is 4.28. The molecule has 1 fully saturated rings. The van der Waals surface area contributed by atoms with Gasteiger partial charge in [-0.15, -0.1) is 0 Å². The number of carbonyl (C=O) groups is 1. The topological polar surface area (TPSA) is 49.3 Å². The van der Waals surface area contributed by atoms with Gasteiger partial charge in [-0.05, 0) is 25.7 Å². The van der Waals surface area contributed by atoms with Gasteiger partial charge in [0.15, 0.2) is 0 Å². The van der Waals surface area contributed by atoms with E-state index in [4.69, 9.17) is 0 Å². The summed E-state index contributed by atoms with van der Waals surface area (Å²) in [6.45, 7) is 5.12. The Morgan fingerprint density at radius 3 is 2.22 bits per heavy atom. The molecule has 0 aliphatic heterocycles. The van der Waals surface area contributed by atoms with Crippen LogP contribution in [0, 0.1) is 11.3 Å². The number of carbonyl (C=O) groups excluding carboxylic acids is 1. The number of rotatable bonds is 8. The summed E-state index contributed by atoms with van der Waals surface area (Å²) in [5.74, 6) is 0.357. The van der Waals surface area contributed by atoms with E-state index in [1.807, 2.05) is 0 Å². The zero-order chi connectivity index (χ0) is 13.4. The zero-order valence-corrected chi connectivity index (χ0v) is 12.0. The fraction of sp³-hybridized carbons (Fsp3) is 0.933. The lowest BCUT2D eigenvalue weighted by molar-refractivity contribution is -0.126. The molecule has 0 spiro atoms. The average molecular weight is 255 g/mol. The maximum Gasteiger partial charge on any atom is 0.223 e. The van der Waals surface area contributed by atoms with Crippen LogP contribution in [0.3, 0.4) is 0 Å². The van der Waals surface area contributed by atoms with E-state index in [0.29, 0.717) is 6.54 Å². The molecular formula is C15H29NO2. The number of amides is 1. The van der Waals surface area contributed by atoms with Crippen LogP contribution in [0.25, 0.3) is 0 Å². The van der Waals surface area contributed by atoms with Gasteiger partial charge in [-0.2, -0.15) is 0 Å². The molecule has 1 saturated carbocycles. The van der Waals surface area contributed by atoms with E-state index in [-0.39, 0.29) is 23.8 Å². The molecule has 1 aliphatic rings. The number of aliphatic hydroxyl groups excluding tert-OH is 1. The minimum absolute atomic E-state index is 0.0291. The molecule has 2 N–H and O–H groups in total. The molecule has 18 heavy (non-hydrogen) atoms. The highest BCUT2D eigenvalue weighted by Gasteiger charge is 2.33. The maximum absolute atomic E-state index is 12.1. The van der Waals surface area contributed by atoms with Gasteiger partial charge in [0.05, 0.1) is 6.61 Å². The Morgan fingerprint density at radius 1 is 1.22 bits per heavy atom. The van der Waals surface area contributed by atoms with Crippen molar-refractivity contribution in [2.75, 3.05) is 13.2 Å². The lowest BCUT2D eigenvalue weighted by Gasteiger charge is -2.27. The van der Waals surface area contributed by atoms with Gasteiger partial charge in [-0.3, -0.25) is 4.79 Å². The van der Waals surface area contributed by atoms with E-state index in [1.54, 1.807) is 0 Å². The minimum atomic E-state index is -0.0291. The molecule has 0 saturated heterocycles. The quantitative estimate of drug-likeness (QED) is 0.700. The average Bonchev–Trinajstić information content (AvgIpc) is 2.85. The van der Waals surface area contributed by atoms with Crippen LogP contribution in [-0.4, -0.2) is 24.2 Å². The van der Waals surface area contributed by atoms with Crippen LogP contribution in [0.4, 0.5) is 0 Å². The Bertz CT molecular complexity index is 241. The third-order valence-corrected chi connectivity index (χ3v) is 4.28. The molecule has 0 unspecified atom stereocenters. The molecule has 1 rings (SSSR count). The molecule has 106 valence electrons. The van der Waals surface area contributed by atoms with Crippen molar-refractivity contribution in [1.82, 2.24) is 5.32 Å². The molecule has 0 heterocycles. The van der Waals surface area contributed by atoms with Crippen LogP contribution < -0.4 is 5.32 Å². The molecule has 1 aliphatic carbocycles. The zero-order valence-electron chi connectivity index (χ0n) is 12.0. The van der Waals surface area contributed by atoms with Crippen molar-refractivity contribution >= 4 is 5.91 Å². The lowest BCUT2D eigenvalue weighted by atomic mass is 9.87. The fourth-order valence-electron chi connectivity index (χ4n) is 3.04. The first-order chi connectivity index (χ1) is 8.67. The number of hydrogen-bond acceptors (Lipinski definition) is 2. The van der Waals surface area contributed by atoms with Crippen LogP contribution in [0.5, 0.6) is 0 Å². The van der Waals surface area contributed by atoms with Crippen LogP contribution in [-0.2, 0) is 4.79 Å². The molecule has 0 radical (unpaired) electrons. The lowest BCUT2D eigenvalue weighted by Crippen LogP contribution is -2.40. The minimum Gasteiger partial charge on any atom is -0.396 e. The van der Waals surface area contributed by atoms with Gasteiger partial charge >= 0.3 is 0 Å². The SMILES string of the molecule is CCCC(CCC)C(=O)NCC1(CO)CCCC1. The van der Waals surface area contributed by atoms with Gasteiger partial charge in [0.25, 0.3) is 0 Å². The third kappa shape index (κ3) is 4.27. The first-order valence-electron chi connectivity index (χ1n) is 7.56. The maximum atomic E-state index is 12.1. The van der Waals surface area contributed by atoms with Gasteiger partial charge in [-0.25, -0.2) is 0 Å². The van der Waals surface area contributed by atoms with E-state index in [1.165, 1.54) is 12.8 Å². The van der Waals surface area contributed by atoms with E-state index < -0.39 is 0 Å². The van der Waals surface area contributed by atoms with Crippen molar-refractivity contribution in [3.05, 3.63) is 0 Å². The highest BCUT2D eigenvalue weighted by molar-refractivity contribution is 5.78. The Hall–Kier alpha value is -0.570. The van der Waals surface area contributed by atoms with Crippen molar-refractivity contribution in [3.8, 4) is 0 Å². The van der Waals surface area contributed by atoms with Crippen molar-refractivity contribution < 1.29 is 9.90 Å². The normalized spacial score (nSPS) is 18.2. The summed E-state index contributed by atoms with van der Waals surface area (Å²) in [6.07, 6.45) is 8.55. The van der Waals surface area contributed by atoms with Crippen molar-refractivity contribution in [2.24, 2.45) is 11.3 Å². The summed E-state index contributed by atoms with van der Waals surface area (Å²) in [6, 6.07) is 0. The summed E-state index contributed by atoms with van der Waals surface area (Å²) >= 11 is 0. The Labute approximate surface area is 111 Å². The van der Waals surface area contributed by atoms with Crippen LogP contribution in [0.2, 0.25) is 0 Å². The van der Waals surface area contributed by atoms with Crippen molar-refractivity contribution in [1.29, 1.82) is 0 Å². The number of nitrogens with one attached hydrogen (secondary N) is 1. The second-order valence-corrected chi connectivity index (χ2v) is 5.86. The van der Waals surface area contributed by atoms with Crippen LogP contribution >= 0.6 is 0 Å². The summed E-state index contributed by atoms with van der Waals surface area (Å²) in [7, 11) is 0. The second-order valence-electron chi connectivity index (χ2n) is 5.86. The first kappa shape index (κ1) is 15.5. The summed E-state index contributed by atoms with van der Waals surface area (Å²) in [5.41, 5.74) is -0.0291. The molecular weight excluding hydrogens is 226 g/mol. The summed E-state index contributed by atoms with van der Waals surface area (Å²) in [4.78, 5) is 12.1. The molecule has 0 aromatic heterocycles. The van der Waals surface area contributed by atoms with Gasteiger partial charge in [-0.1, -0.05) is 39.5 Å². The molecule has 3 heteroatoms. The highest BCUT2D eigenvalue weighted by Crippen LogP contribution is 2.37. The van der Waals surface area contributed by atoms with Gasteiger partial charge in [0, 0.05) is 17.9 Å². The smallest absolute Gasteiger partial charge is 0.223 e. The standard InChI is InChI=1S/C15H29NO2/c1-3-7-13(8-4-2)14(18)16-11-15(12-17)9-5-6-10-15/h13,17H,3-12H2,1-2H3,(H,16,18). The van der Waals surface area contributed by atoms with Gasteiger partial charge in [0.2, 0.25) is 5.91 Å². The highest BCUT2D eigenvalue weighted by atomic mass is 16.3. The number of aliphatic hydroxyl groups is 1. The summed E-state index contributed by atoms with van der Waals surface area (Å²) < 4.78 is 0. The fourth-order valence-corrected chi connectivity index (χ4v) is 3.04. The molecule has 0 aromatic carbocycles. The predicted molar refractivity (Wildman–Crippen MR) is 74.3 cm³/mol. The van der Waals surface area contributed by atoms with Crippen LogP contribution in [0.1, 0.15) is 65.2 Å². The molecule has 0 aromatic rings. The summed E-state index contributed by atoms with van der Waals surface area (Å²) in [5, 5.41) is 12.6. The Balaban J connectivity index is 2.42. The van der Waals surface area contributed by atoms with Crippen molar-refractivity contribution in [2.45, 2.75) is 65.2 Å². The van der Waals surface area contributed by atoms with Crippen molar-refractivity contribution in [3.63, 3.8) is 0 Å². The Morgan fingerprint density at radius 2 is 1.78 bits per heavy atom. The van der Waals surface area contributed by atoms with E-state index in [9.17, 15) is 9.90 Å². The molecule has 0 bridgehead atoms.